The number of pyridine rings is 1. The van der Waals surface area contributed by atoms with Crippen LogP contribution in [0.25, 0.3) is 0 Å². The van der Waals surface area contributed by atoms with E-state index in [4.69, 9.17) is 4.74 Å². The third-order valence-electron chi connectivity index (χ3n) is 2.43. The number of aromatic nitrogens is 1. The van der Waals surface area contributed by atoms with Gasteiger partial charge in [-0.1, -0.05) is 11.8 Å². The van der Waals surface area contributed by atoms with E-state index in [-0.39, 0.29) is 0 Å². The van der Waals surface area contributed by atoms with Crippen LogP contribution in [0.2, 0.25) is 0 Å². The minimum absolute atomic E-state index is 0.875. The molecule has 3 rings (SSSR count). The van der Waals surface area contributed by atoms with Crippen molar-refractivity contribution >= 4 is 23.3 Å². The maximum atomic E-state index is 5.21. The highest BCUT2D eigenvalue weighted by molar-refractivity contribution is 7.99. The lowest BCUT2D eigenvalue weighted by atomic mass is 10.3. The Balaban J connectivity index is 2.05. The minimum Gasteiger partial charge on any atom is -0.497 e. The average Bonchev–Trinajstić information content (AvgIpc) is 2.35. The van der Waals surface area contributed by atoms with Gasteiger partial charge in [-0.25, -0.2) is 4.98 Å². The van der Waals surface area contributed by atoms with Crippen LogP contribution in [0.4, 0.5) is 11.5 Å². The molecule has 1 N–H and O–H groups in total. The smallest absolute Gasteiger partial charge is 0.144 e. The zero-order valence-corrected chi connectivity index (χ0v) is 9.54. The molecular weight excluding hydrogens is 220 g/mol. The Bertz CT molecular complexity index is 542. The van der Waals surface area contributed by atoms with Gasteiger partial charge in [-0.15, -0.1) is 0 Å². The Morgan fingerprint density at radius 3 is 3.06 bits per heavy atom. The van der Waals surface area contributed by atoms with Gasteiger partial charge in [-0.2, -0.15) is 0 Å². The molecule has 1 aliphatic heterocycles. The van der Waals surface area contributed by atoms with Gasteiger partial charge in [0, 0.05) is 11.1 Å². The highest BCUT2D eigenvalue weighted by Gasteiger charge is 2.16. The minimum atomic E-state index is 0.875. The molecule has 0 unspecified atom stereocenters. The Morgan fingerprint density at radius 2 is 2.19 bits per heavy atom. The van der Waals surface area contributed by atoms with Crippen molar-refractivity contribution in [2.45, 2.75) is 9.79 Å². The number of nitrogens with one attached hydrogen (secondary N) is 1. The number of anilines is 2. The monoisotopic (exact) mass is 230 g/mol. The van der Waals surface area contributed by atoms with Gasteiger partial charge in [-0.05, 0) is 30.3 Å². The number of methoxy groups -OCH3 is 1. The molecule has 1 aliphatic rings. The fraction of sp³-hybridized carbons (Fsp3) is 0.0833. The molecule has 0 spiro atoms. The van der Waals surface area contributed by atoms with E-state index < -0.39 is 0 Å². The first-order valence-corrected chi connectivity index (χ1v) is 5.76. The second-order valence-corrected chi connectivity index (χ2v) is 4.52. The summed E-state index contributed by atoms with van der Waals surface area (Å²) >= 11 is 1.71. The second kappa shape index (κ2) is 3.72. The average molecular weight is 230 g/mol. The lowest BCUT2D eigenvalue weighted by Crippen LogP contribution is -2.01. The van der Waals surface area contributed by atoms with E-state index in [0.717, 1.165) is 22.2 Å². The Morgan fingerprint density at radius 1 is 1.25 bits per heavy atom. The van der Waals surface area contributed by atoms with E-state index in [0.29, 0.717) is 0 Å². The first kappa shape index (κ1) is 9.54. The number of fused-ring (bicyclic) bond motifs is 2. The van der Waals surface area contributed by atoms with Crippen molar-refractivity contribution < 1.29 is 4.74 Å². The van der Waals surface area contributed by atoms with Crippen molar-refractivity contribution in [3.63, 3.8) is 0 Å². The predicted octanol–water partition coefficient (Wildman–Crippen LogP) is 3.30. The summed E-state index contributed by atoms with van der Waals surface area (Å²) in [5.41, 5.74) is 1.08. The highest BCUT2D eigenvalue weighted by atomic mass is 32.2. The van der Waals surface area contributed by atoms with Crippen molar-refractivity contribution in [1.82, 2.24) is 4.98 Å². The quantitative estimate of drug-likeness (QED) is 0.695. The topological polar surface area (TPSA) is 34.1 Å². The summed E-state index contributed by atoms with van der Waals surface area (Å²) in [4.78, 5) is 6.61. The van der Waals surface area contributed by atoms with E-state index >= 15 is 0 Å². The summed E-state index contributed by atoms with van der Waals surface area (Å²) in [6.07, 6.45) is 1.79. The Hall–Kier alpha value is -1.68. The largest absolute Gasteiger partial charge is 0.497 e. The van der Waals surface area contributed by atoms with Crippen molar-refractivity contribution in [3.8, 4) is 5.75 Å². The maximum Gasteiger partial charge on any atom is 0.144 e. The number of ether oxygens (including phenoxy) is 1. The fourth-order valence-corrected chi connectivity index (χ4v) is 2.62. The Kier molecular flexibility index (Phi) is 2.22. The zero-order chi connectivity index (χ0) is 11.0. The van der Waals surface area contributed by atoms with Gasteiger partial charge in [0.15, 0.2) is 0 Å². The van der Waals surface area contributed by atoms with Gasteiger partial charge < -0.3 is 10.1 Å². The number of nitrogens with zero attached hydrogens (tertiary/aromatic N) is 1. The fourth-order valence-electron chi connectivity index (χ4n) is 1.63. The molecule has 0 saturated carbocycles. The molecule has 2 heterocycles. The first-order valence-electron chi connectivity index (χ1n) is 4.95. The normalized spacial score (nSPS) is 12.3. The summed E-state index contributed by atoms with van der Waals surface area (Å²) in [5.74, 6) is 1.80. The lowest BCUT2D eigenvalue weighted by Gasteiger charge is -2.19. The van der Waals surface area contributed by atoms with Crippen molar-refractivity contribution in [3.05, 3.63) is 36.5 Å². The summed E-state index contributed by atoms with van der Waals surface area (Å²) in [6.45, 7) is 0. The lowest BCUT2D eigenvalue weighted by molar-refractivity contribution is 0.414. The molecule has 0 fully saturated rings. The van der Waals surface area contributed by atoms with E-state index in [1.54, 1.807) is 25.1 Å². The van der Waals surface area contributed by atoms with Crippen LogP contribution in [0.1, 0.15) is 0 Å². The van der Waals surface area contributed by atoms with Gasteiger partial charge >= 0.3 is 0 Å². The molecular formula is C12H10N2OS. The number of rotatable bonds is 1. The zero-order valence-electron chi connectivity index (χ0n) is 8.73. The standard InChI is InChI=1S/C12H10N2OS/c1-15-8-4-5-9-11(7-8)16-10-3-2-6-13-12(10)14-9/h2-7H,1H3,(H,13,14). The van der Waals surface area contributed by atoms with Gasteiger partial charge in [0.1, 0.15) is 11.6 Å². The van der Waals surface area contributed by atoms with Crippen LogP contribution in [-0.2, 0) is 0 Å². The van der Waals surface area contributed by atoms with E-state index in [9.17, 15) is 0 Å². The molecule has 0 amide bonds. The molecule has 1 aromatic carbocycles. The van der Waals surface area contributed by atoms with Crippen molar-refractivity contribution in [2.75, 3.05) is 12.4 Å². The number of hydrogen-bond acceptors (Lipinski definition) is 4. The molecule has 0 bridgehead atoms. The van der Waals surface area contributed by atoms with E-state index in [2.05, 4.69) is 16.4 Å². The molecule has 2 aromatic rings. The van der Waals surface area contributed by atoms with Crippen LogP contribution in [0.3, 0.4) is 0 Å². The van der Waals surface area contributed by atoms with Crippen LogP contribution in [-0.4, -0.2) is 12.1 Å². The maximum absolute atomic E-state index is 5.21. The summed E-state index contributed by atoms with van der Waals surface area (Å²) in [5, 5.41) is 3.30. The molecule has 0 aliphatic carbocycles. The highest BCUT2D eigenvalue weighted by Crippen LogP contribution is 2.44. The van der Waals surface area contributed by atoms with Crippen LogP contribution < -0.4 is 10.1 Å². The summed E-state index contributed by atoms with van der Waals surface area (Å²) in [6, 6.07) is 9.99. The van der Waals surface area contributed by atoms with E-state index in [1.165, 1.54) is 4.90 Å². The molecule has 16 heavy (non-hydrogen) atoms. The number of hydrogen-bond donors (Lipinski definition) is 1. The Labute approximate surface area is 97.9 Å². The molecule has 4 heteroatoms. The molecule has 80 valence electrons. The molecule has 3 nitrogen and oxygen atoms in total. The van der Waals surface area contributed by atoms with Gasteiger partial charge in [0.05, 0.1) is 17.7 Å². The molecule has 0 atom stereocenters. The van der Waals surface area contributed by atoms with Gasteiger partial charge in [0.2, 0.25) is 0 Å². The number of benzene rings is 1. The van der Waals surface area contributed by atoms with Gasteiger partial charge in [-0.3, -0.25) is 0 Å². The van der Waals surface area contributed by atoms with Crippen LogP contribution >= 0.6 is 11.8 Å². The molecule has 0 saturated heterocycles. The third-order valence-corrected chi connectivity index (χ3v) is 3.54. The van der Waals surface area contributed by atoms with Crippen molar-refractivity contribution in [1.29, 1.82) is 0 Å². The van der Waals surface area contributed by atoms with Crippen molar-refractivity contribution in [2.24, 2.45) is 0 Å². The van der Waals surface area contributed by atoms with Crippen LogP contribution in [0.5, 0.6) is 5.75 Å². The third kappa shape index (κ3) is 1.51. The predicted molar refractivity (Wildman–Crippen MR) is 64.6 cm³/mol. The summed E-state index contributed by atoms with van der Waals surface area (Å²) < 4.78 is 5.21. The van der Waals surface area contributed by atoms with Crippen LogP contribution in [0, 0.1) is 0 Å². The SMILES string of the molecule is COc1ccc2c(c1)Sc1cccnc1N2. The summed E-state index contributed by atoms with van der Waals surface area (Å²) in [7, 11) is 1.68. The van der Waals surface area contributed by atoms with E-state index in [1.807, 2.05) is 24.3 Å². The van der Waals surface area contributed by atoms with Gasteiger partial charge in [0.25, 0.3) is 0 Å². The second-order valence-electron chi connectivity index (χ2n) is 3.44. The molecule has 1 aromatic heterocycles. The van der Waals surface area contributed by atoms with Crippen LogP contribution in [0.15, 0.2) is 46.3 Å². The first-order chi connectivity index (χ1) is 7.86. The molecule has 0 radical (unpaired) electrons.